The SMILES string of the molecule is CCC(=O)/C(=C\CC(C)CC)C(O)N=C1C=CC(C(=O)OC)CC1Cl. The van der Waals surface area contributed by atoms with Gasteiger partial charge in [-0.2, -0.15) is 0 Å². The van der Waals surface area contributed by atoms with E-state index in [-0.39, 0.29) is 11.8 Å². The Hall–Kier alpha value is -1.46. The van der Waals surface area contributed by atoms with Crippen molar-refractivity contribution in [3.63, 3.8) is 0 Å². The van der Waals surface area contributed by atoms with E-state index in [1.165, 1.54) is 7.11 Å². The number of methoxy groups -OCH3 is 1. The maximum Gasteiger partial charge on any atom is 0.312 e. The Morgan fingerprint density at radius 3 is 2.68 bits per heavy atom. The van der Waals surface area contributed by atoms with E-state index < -0.39 is 17.5 Å². The lowest BCUT2D eigenvalue weighted by atomic mass is 9.94. The molecule has 4 atom stereocenters. The summed E-state index contributed by atoms with van der Waals surface area (Å²) in [5.74, 6) is -0.466. The fraction of sp³-hybridized carbons (Fsp3) is 0.632. The Morgan fingerprint density at radius 1 is 1.48 bits per heavy atom. The molecule has 0 amide bonds. The molecule has 0 bridgehead atoms. The molecule has 25 heavy (non-hydrogen) atoms. The van der Waals surface area contributed by atoms with Gasteiger partial charge in [0.25, 0.3) is 0 Å². The number of Topliss-reactive ketones (excluding diaryl/α,β-unsaturated/α-hetero) is 1. The summed E-state index contributed by atoms with van der Waals surface area (Å²) in [5.41, 5.74) is 0.773. The van der Waals surface area contributed by atoms with Crippen molar-refractivity contribution in [1.29, 1.82) is 0 Å². The summed E-state index contributed by atoms with van der Waals surface area (Å²) in [6, 6.07) is 0. The number of carbonyl (C=O) groups excluding carboxylic acids is 2. The fourth-order valence-electron chi connectivity index (χ4n) is 2.46. The minimum Gasteiger partial charge on any atom is -0.469 e. The molecule has 0 aliphatic heterocycles. The second kappa shape index (κ2) is 10.5. The van der Waals surface area contributed by atoms with Crippen LogP contribution in [0.3, 0.4) is 0 Å². The third kappa shape index (κ3) is 6.40. The number of hydrogen-bond donors (Lipinski definition) is 1. The molecule has 1 aliphatic rings. The molecular weight excluding hydrogens is 342 g/mol. The molecule has 0 aromatic rings. The average Bonchev–Trinajstić information content (AvgIpc) is 2.62. The van der Waals surface area contributed by atoms with Gasteiger partial charge in [0.05, 0.1) is 24.1 Å². The monoisotopic (exact) mass is 369 g/mol. The van der Waals surface area contributed by atoms with Crippen LogP contribution in [0, 0.1) is 11.8 Å². The third-order valence-corrected chi connectivity index (χ3v) is 4.82. The highest BCUT2D eigenvalue weighted by atomic mass is 35.5. The molecule has 0 saturated carbocycles. The lowest BCUT2D eigenvalue weighted by Crippen LogP contribution is -2.28. The highest BCUT2D eigenvalue weighted by Crippen LogP contribution is 2.23. The number of ketones is 1. The van der Waals surface area contributed by atoms with E-state index in [1.807, 2.05) is 0 Å². The third-order valence-electron chi connectivity index (χ3n) is 4.41. The first-order chi connectivity index (χ1) is 11.8. The Bertz CT molecular complexity index is 568. The number of aliphatic hydroxyl groups excluding tert-OH is 1. The van der Waals surface area contributed by atoms with Gasteiger partial charge in [-0.25, -0.2) is 0 Å². The largest absolute Gasteiger partial charge is 0.469 e. The smallest absolute Gasteiger partial charge is 0.312 e. The highest BCUT2D eigenvalue weighted by Gasteiger charge is 2.28. The Balaban J connectivity index is 2.98. The normalized spacial score (nSPS) is 24.9. The molecule has 0 aromatic heterocycles. The number of halogens is 1. The Kier molecular flexibility index (Phi) is 9.08. The summed E-state index contributed by atoms with van der Waals surface area (Å²) >= 11 is 6.29. The quantitative estimate of drug-likeness (QED) is 0.404. The molecule has 1 rings (SSSR count). The summed E-state index contributed by atoms with van der Waals surface area (Å²) in [6.07, 6.45) is 6.19. The van der Waals surface area contributed by atoms with Gasteiger partial charge in [-0.05, 0) is 24.8 Å². The Labute approximate surface area is 154 Å². The number of carbonyl (C=O) groups is 2. The summed E-state index contributed by atoms with van der Waals surface area (Å²) in [6.45, 7) is 5.93. The first kappa shape index (κ1) is 21.6. The van der Waals surface area contributed by atoms with Gasteiger partial charge < -0.3 is 9.84 Å². The lowest BCUT2D eigenvalue weighted by molar-refractivity contribution is -0.143. The van der Waals surface area contributed by atoms with Crippen LogP contribution in [0.5, 0.6) is 0 Å². The number of allylic oxidation sites excluding steroid dienone is 2. The van der Waals surface area contributed by atoms with Crippen LogP contribution in [0.2, 0.25) is 0 Å². The van der Waals surface area contributed by atoms with Crippen molar-refractivity contribution in [3.8, 4) is 0 Å². The van der Waals surface area contributed by atoms with Crippen molar-refractivity contribution in [3.05, 3.63) is 23.8 Å². The van der Waals surface area contributed by atoms with Crippen LogP contribution in [0.1, 0.15) is 46.5 Å². The number of hydrogen-bond acceptors (Lipinski definition) is 5. The second-order valence-corrected chi connectivity index (χ2v) is 6.83. The minimum absolute atomic E-state index is 0.126. The number of aliphatic hydroxyl groups is 1. The zero-order valence-corrected chi connectivity index (χ0v) is 16.1. The van der Waals surface area contributed by atoms with Crippen molar-refractivity contribution in [2.45, 2.75) is 58.1 Å². The zero-order chi connectivity index (χ0) is 19.0. The molecule has 0 radical (unpaired) electrons. The molecule has 6 heteroatoms. The second-order valence-electron chi connectivity index (χ2n) is 6.30. The lowest BCUT2D eigenvalue weighted by Gasteiger charge is -2.21. The van der Waals surface area contributed by atoms with Gasteiger partial charge in [-0.15, -0.1) is 11.6 Å². The van der Waals surface area contributed by atoms with Gasteiger partial charge >= 0.3 is 5.97 Å². The van der Waals surface area contributed by atoms with Crippen LogP contribution >= 0.6 is 11.6 Å². The minimum atomic E-state index is -1.24. The molecule has 140 valence electrons. The van der Waals surface area contributed by atoms with Gasteiger partial charge in [0.15, 0.2) is 12.0 Å². The molecule has 0 heterocycles. The van der Waals surface area contributed by atoms with Crippen molar-refractivity contribution >= 4 is 29.1 Å². The van der Waals surface area contributed by atoms with E-state index in [4.69, 9.17) is 16.3 Å². The van der Waals surface area contributed by atoms with Crippen LogP contribution in [-0.4, -0.2) is 41.3 Å². The van der Waals surface area contributed by atoms with Crippen molar-refractivity contribution < 1.29 is 19.4 Å². The van der Waals surface area contributed by atoms with Crippen LogP contribution in [0.15, 0.2) is 28.8 Å². The maximum absolute atomic E-state index is 12.1. The van der Waals surface area contributed by atoms with E-state index in [0.29, 0.717) is 36.5 Å². The van der Waals surface area contributed by atoms with Gasteiger partial charge in [-0.1, -0.05) is 39.3 Å². The van der Waals surface area contributed by atoms with Crippen LogP contribution in [0.4, 0.5) is 0 Å². The fourth-order valence-corrected chi connectivity index (χ4v) is 2.79. The summed E-state index contributed by atoms with van der Waals surface area (Å²) in [4.78, 5) is 27.9. The average molecular weight is 370 g/mol. The number of ether oxygens (including phenoxy) is 1. The van der Waals surface area contributed by atoms with Gasteiger partial charge in [0.1, 0.15) is 0 Å². The van der Waals surface area contributed by atoms with E-state index in [0.717, 1.165) is 6.42 Å². The molecule has 0 saturated heterocycles. The van der Waals surface area contributed by atoms with Crippen molar-refractivity contribution in [2.75, 3.05) is 7.11 Å². The van der Waals surface area contributed by atoms with E-state index in [2.05, 4.69) is 18.8 Å². The molecule has 1 N–H and O–H groups in total. The molecule has 5 nitrogen and oxygen atoms in total. The topological polar surface area (TPSA) is 76.0 Å². The first-order valence-electron chi connectivity index (χ1n) is 8.73. The summed E-state index contributed by atoms with van der Waals surface area (Å²) < 4.78 is 4.71. The number of aliphatic imine (C=N–C) groups is 1. The van der Waals surface area contributed by atoms with E-state index in [9.17, 15) is 14.7 Å². The van der Waals surface area contributed by atoms with E-state index >= 15 is 0 Å². The molecule has 4 unspecified atom stereocenters. The van der Waals surface area contributed by atoms with Gasteiger partial charge in [-0.3, -0.25) is 14.6 Å². The van der Waals surface area contributed by atoms with Crippen LogP contribution in [-0.2, 0) is 14.3 Å². The number of alkyl halides is 1. The molecule has 1 aliphatic carbocycles. The van der Waals surface area contributed by atoms with Gasteiger partial charge in [0, 0.05) is 12.0 Å². The number of esters is 1. The van der Waals surface area contributed by atoms with Crippen molar-refractivity contribution in [1.82, 2.24) is 0 Å². The van der Waals surface area contributed by atoms with Crippen LogP contribution in [0.25, 0.3) is 0 Å². The Morgan fingerprint density at radius 2 is 2.16 bits per heavy atom. The van der Waals surface area contributed by atoms with Crippen molar-refractivity contribution in [2.24, 2.45) is 16.8 Å². The maximum atomic E-state index is 12.1. The predicted molar refractivity (Wildman–Crippen MR) is 99.8 cm³/mol. The standard InChI is InChI=1S/C19H28ClNO4/c1-5-12(3)7-9-14(17(22)6-2)18(23)21-16-10-8-13(11-15(16)20)19(24)25-4/h8-10,12-13,15,18,23H,5-7,11H2,1-4H3/b14-9+,21-16?. The van der Waals surface area contributed by atoms with Gasteiger partial charge in [0.2, 0.25) is 0 Å². The zero-order valence-electron chi connectivity index (χ0n) is 15.4. The molecule has 0 fully saturated rings. The molecule has 0 aromatic carbocycles. The highest BCUT2D eigenvalue weighted by molar-refractivity contribution is 6.34. The molecule has 0 spiro atoms. The number of rotatable bonds is 8. The summed E-state index contributed by atoms with van der Waals surface area (Å²) in [7, 11) is 1.33. The van der Waals surface area contributed by atoms with E-state index in [1.54, 1.807) is 25.2 Å². The molecular formula is C19H28ClNO4. The number of nitrogens with zero attached hydrogens (tertiary/aromatic N) is 1. The summed E-state index contributed by atoms with van der Waals surface area (Å²) in [5, 5.41) is 9.91. The van der Waals surface area contributed by atoms with Crippen LogP contribution < -0.4 is 0 Å². The first-order valence-corrected chi connectivity index (χ1v) is 9.16. The predicted octanol–water partition coefficient (Wildman–Crippen LogP) is 3.44.